The normalized spacial score (nSPS) is 16.4. The molecule has 15 heavy (non-hydrogen) atoms. The summed E-state index contributed by atoms with van der Waals surface area (Å²) >= 11 is 0. The maximum absolute atomic E-state index is 5.89. The average Bonchev–Trinajstić information content (AvgIpc) is 2.14. The topological polar surface area (TPSA) is 18.5 Å². The van der Waals surface area contributed by atoms with E-state index in [2.05, 4.69) is 27.7 Å². The van der Waals surface area contributed by atoms with Crippen LogP contribution in [0.15, 0.2) is 0 Å². The van der Waals surface area contributed by atoms with Crippen LogP contribution < -0.4 is 0 Å². The van der Waals surface area contributed by atoms with Crippen molar-refractivity contribution in [1.82, 2.24) is 0 Å². The molecule has 2 heteroatoms. The highest BCUT2D eigenvalue weighted by molar-refractivity contribution is 4.74. The van der Waals surface area contributed by atoms with Crippen molar-refractivity contribution in [1.29, 1.82) is 0 Å². The highest BCUT2D eigenvalue weighted by Crippen LogP contribution is 2.27. The molecule has 2 unspecified atom stereocenters. The third-order valence-corrected chi connectivity index (χ3v) is 2.72. The van der Waals surface area contributed by atoms with E-state index >= 15 is 0 Å². The van der Waals surface area contributed by atoms with Crippen molar-refractivity contribution >= 4 is 0 Å². The lowest BCUT2D eigenvalue weighted by molar-refractivity contribution is -0.171. The van der Waals surface area contributed by atoms with Crippen LogP contribution in [-0.2, 0) is 9.47 Å². The van der Waals surface area contributed by atoms with Crippen molar-refractivity contribution in [3.63, 3.8) is 0 Å². The fourth-order valence-electron chi connectivity index (χ4n) is 1.57. The van der Waals surface area contributed by atoms with Gasteiger partial charge >= 0.3 is 0 Å². The highest BCUT2D eigenvalue weighted by atomic mass is 16.7. The van der Waals surface area contributed by atoms with E-state index in [1.165, 1.54) is 19.3 Å². The number of hydrogen-bond donors (Lipinski definition) is 0. The van der Waals surface area contributed by atoms with Crippen molar-refractivity contribution in [2.45, 2.75) is 72.7 Å². The Morgan fingerprint density at radius 3 is 2.13 bits per heavy atom. The second kappa shape index (κ2) is 7.24. The fraction of sp³-hybridized carbons (Fsp3) is 1.00. The lowest BCUT2D eigenvalue weighted by Gasteiger charge is -2.32. The van der Waals surface area contributed by atoms with Gasteiger partial charge in [0.1, 0.15) is 0 Å². The molecule has 0 aromatic rings. The summed E-state index contributed by atoms with van der Waals surface area (Å²) in [4.78, 5) is 0. The van der Waals surface area contributed by atoms with Crippen LogP contribution in [0.4, 0.5) is 0 Å². The minimum absolute atomic E-state index is 0.101. The smallest absolute Gasteiger partial charge is 0.154 e. The molecule has 0 aliphatic carbocycles. The van der Waals surface area contributed by atoms with E-state index in [-0.39, 0.29) is 11.7 Å². The monoisotopic (exact) mass is 216 g/mol. The van der Waals surface area contributed by atoms with Crippen molar-refractivity contribution in [3.8, 4) is 0 Å². The van der Waals surface area contributed by atoms with Gasteiger partial charge in [-0.3, -0.25) is 0 Å². The van der Waals surface area contributed by atoms with Crippen LogP contribution in [0.25, 0.3) is 0 Å². The molecule has 0 saturated heterocycles. The van der Waals surface area contributed by atoms with Crippen LogP contribution >= 0.6 is 0 Å². The van der Waals surface area contributed by atoms with Gasteiger partial charge in [-0.1, -0.05) is 47.0 Å². The third-order valence-electron chi connectivity index (χ3n) is 2.72. The molecule has 2 atom stereocenters. The van der Waals surface area contributed by atoms with Gasteiger partial charge in [0.2, 0.25) is 0 Å². The Morgan fingerprint density at radius 2 is 1.73 bits per heavy atom. The van der Waals surface area contributed by atoms with Gasteiger partial charge in [0, 0.05) is 7.11 Å². The molecule has 92 valence electrons. The Bertz CT molecular complexity index is 149. The van der Waals surface area contributed by atoms with Gasteiger partial charge in [0.25, 0.3) is 0 Å². The molecule has 0 saturated carbocycles. The summed E-state index contributed by atoms with van der Waals surface area (Å²) in [7, 11) is 1.69. The first-order valence-electron chi connectivity index (χ1n) is 6.10. The van der Waals surface area contributed by atoms with Crippen LogP contribution in [0.1, 0.15) is 60.3 Å². The zero-order valence-corrected chi connectivity index (χ0v) is 11.3. The summed E-state index contributed by atoms with van der Waals surface area (Å²) in [5.41, 5.74) is 0.195. The molecule has 0 heterocycles. The Labute approximate surface area is 95.3 Å². The summed E-state index contributed by atoms with van der Waals surface area (Å²) in [5.74, 6) is 0. The molecule has 0 fully saturated rings. The van der Waals surface area contributed by atoms with Crippen molar-refractivity contribution in [3.05, 3.63) is 0 Å². The number of hydrogen-bond acceptors (Lipinski definition) is 2. The molecule has 0 aromatic carbocycles. The third kappa shape index (κ3) is 6.91. The summed E-state index contributed by atoms with van der Waals surface area (Å²) < 4.78 is 11.0. The minimum atomic E-state index is -0.101. The Morgan fingerprint density at radius 1 is 1.13 bits per heavy atom. The molecule has 0 bridgehead atoms. The van der Waals surface area contributed by atoms with Crippen molar-refractivity contribution < 1.29 is 9.47 Å². The standard InChI is InChI=1S/C13H28O2/c1-7-8-9-10-12(13(3,4)5)15-11(2)14-6/h11-12H,7-10H2,1-6H3. The molecule has 0 aromatic heterocycles. The molecule has 0 amide bonds. The molecule has 0 spiro atoms. The highest BCUT2D eigenvalue weighted by Gasteiger charge is 2.26. The van der Waals surface area contributed by atoms with Gasteiger partial charge in [-0.25, -0.2) is 0 Å². The van der Waals surface area contributed by atoms with Gasteiger partial charge in [-0.05, 0) is 18.8 Å². The van der Waals surface area contributed by atoms with Gasteiger partial charge in [0.15, 0.2) is 6.29 Å². The van der Waals surface area contributed by atoms with E-state index in [1.807, 2.05) is 6.92 Å². The van der Waals surface area contributed by atoms with E-state index in [4.69, 9.17) is 9.47 Å². The second-order valence-corrected chi connectivity index (χ2v) is 5.29. The largest absolute Gasteiger partial charge is 0.356 e. The Balaban J connectivity index is 4.08. The molecule has 0 rings (SSSR count). The maximum atomic E-state index is 5.89. The van der Waals surface area contributed by atoms with Crippen LogP contribution in [0.3, 0.4) is 0 Å². The fourth-order valence-corrected chi connectivity index (χ4v) is 1.57. The predicted octanol–water partition coefficient (Wildman–Crippen LogP) is 3.99. The van der Waals surface area contributed by atoms with Crippen molar-refractivity contribution in [2.75, 3.05) is 7.11 Å². The van der Waals surface area contributed by atoms with Crippen LogP contribution in [-0.4, -0.2) is 19.5 Å². The first kappa shape index (κ1) is 14.9. The summed E-state index contributed by atoms with van der Waals surface area (Å²) in [5, 5.41) is 0. The molecule has 2 nitrogen and oxygen atoms in total. The number of methoxy groups -OCH3 is 1. The van der Waals surface area contributed by atoms with E-state index in [9.17, 15) is 0 Å². The molecular weight excluding hydrogens is 188 g/mol. The summed E-state index contributed by atoms with van der Waals surface area (Å²) in [6.07, 6.45) is 5.11. The number of rotatable bonds is 7. The molecule has 0 aliphatic heterocycles. The zero-order chi connectivity index (χ0) is 11.9. The predicted molar refractivity (Wildman–Crippen MR) is 64.9 cm³/mol. The maximum Gasteiger partial charge on any atom is 0.154 e. The molecule has 0 radical (unpaired) electrons. The lowest BCUT2D eigenvalue weighted by Crippen LogP contribution is -2.33. The summed E-state index contributed by atoms with van der Waals surface area (Å²) in [6.45, 7) is 10.9. The Kier molecular flexibility index (Phi) is 7.20. The van der Waals surface area contributed by atoms with Crippen LogP contribution in [0, 0.1) is 5.41 Å². The van der Waals surface area contributed by atoms with E-state index < -0.39 is 0 Å². The van der Waals surface area contributed by atoms with E-state index in [0.717, 1.165) is 6.42 Å². The molecular formula is C13H28O2. The minimum Gasteiger partial charge on any atom is -0.356 e. The lowest BCUT2D eigenvalue weighted by atomic mass is 9.86. The second-order valence-electron chi connectivity index (χ2n) is 5.29. The zero-order valence-electron chi connectivity index (χ0n) is 11.3. The van der Waals surface area contributed by atoms with E-state index in [1.54, 1.807) is 7.11 Å². The first-order valence-corrected chi connectivity index (χ1v) is 6.10. The summed E-state index contributed by atoms with van der Waals surface area (Å²) in [6, 6.07) is 0. The van der Waals surface area contributed by atoms with E-state index in [0.29, 0.717) is 6.10 Å². The van der Waals surface area contributed by atoms with Crippen LogP contribution in [0.2, 0.25) is 0 Å². The van der Waals surface area contributed by atoms with Gasteiger partial charge in [0.05, 0.1) is 6.10 Å². The first-order chi connectivity index (χ1) is 6.91. The number of ether oxygens (including phenoxy) is 2. The average molecular weight is 216 g/mol. The SMILES string of the molecule is CCCCCC(OC(C)OC)C(C)(C)C. The molecule has 0 aliphatic rings. The van der Waals surface area contributed by atoms with Gasteiger partial charge < -0.3 is 9.47 Å². The van der Waals surface area contributed by atoms with Gasteiger partial charge in [-0.15, -0.1) is 0 Å². The van der Waals surface area contributed by atoms with Crippen molar-refractivity contribution in [2.24, 2.45) is 5.41 Å². The Hall–Kier alpha value is -0.0800. The quantitative estimate of drug-likeness (QED) is 0.473. The van der Waals surface area contributed by atoms with Crippen LogP contribution in [0.5, 0.6) is 0 Å². The van der Waals surface area contributed by atoms with Gasteiger partial charge in [-0.2, -0.15) is 0 Å². The number of unbranched alkanes of at least 4 members (excludes halogenated alkanes) is 2. The molecule has 0 N–H and O–H groups in total.